The average molecular weight is 328 g/mol. The number of carbonyl (C=O) groups is 2. The minimum absolute atomic E-state index is 0.156. The largest absolute Gasteiger partial charge is 0.484 e. The Labute approximate surface area is 138 Å². The van der Waals surface area contributed by atoms with Gasteiger partial charge in [0.1, 0.15) is 11.6 Å². The van der Waals surface area contributed by atoms with E-state index in [1.807, 2.05) is 6.07 Å². The number of rotatable bonds is 5. The zero-order valence-electron chi connectivity index (χ0n) is 12.9. The Bertz CT molecular complexity index is 774. The molecule has 0 saturated heterocycles. The van der Waals surface area contributed by atoms with E-state index in [0.717, 1.165) is 5.56 Å². The van der Waals surface area contributed by atoms with Gasteiger partial charge in [-0.1, -0.05) is 12.1 Å². The first-order valence-corrected chi connectivity index (χ1v) is 7.64. The van der Waals surface area contributed by atoms with Gasteiger partial charge in [-0.3, -0.25) is 9.59 Å². The molecule has 1 atom stereocenters. The van der Waals surface area contributed by atoms with Crippen molar-refractivity contribution in [1.29, 1.82) is 0 Å². The number of nitrogens with two attached hydrogens (primary N) is 1. The van der Waals surface area contributed by atoms with Gasteiger partial charge in [0, 0.05) is 5.56 Å². The molecule has 0 aromatic heterocycles. The van der Waals surface area contributed by atoms with Gasteiger partial charge in [-0.25, -0.2) is 4.39 Å². The molecular formula is C18H17FN2O3. The van der Waals surface area contributed by atoms with Crippen molar-refractivity contribution in [3.63, 3.8) is 0 Å². The van der Waals surface area contributed by atoms with E-state index in [-0.39, 0.29) is 24.4 Å². The molecule has 1 aliphatic carbocycles. The molecule has 0 heterocycles. The number of hydrogen-bond acceptors (Lipinski definition) is 3. The molecule has 3 rings (SSSR count). The summed E-state index contributed by atoms with van der Waals surface area (Å²) in [6.45, 7) is -0.156. The van der Waals surface area contributed by atoms with Crippen molar-refractivity contribution in [2.75, 3.05) is 6.61 Å². The Kier molecular flexibility index (Phi) is 4.46. The summed E-state index contributed by atoms with van der Waals surface area (Å²) in [5, 5.41) is 2.86. The molecule has 124 valence electrons. The molecule has 24 heavy (non-hydrogen) atoms. The van der Waals surface area contributed by atoms with Crippen LogP contribution in [0.15, 0.2) is 42.5 Å². The monoisotopic (exact) mass is 328 g/mol. The summed E-state index contributed by atoms with van der Waals surface area (Å²) in [4.78, 5) is 23.0. The molecule has 0 fully saturated rings. The summed E-state index contributed by atoms with van der Waals surface area (Å²) in [6, 6.07) is 10.9. The van der Waals surface area contributed by atoms with Crippen molar-refractivity contribution in [2.45, 2.75) is 18.9 Å². The van der Waals surface area contributed by atoms with E-state index in [2.05, 4.69) is 5.32 Å². The highest BCUT2D eigenvalue weighted by molar-refractivity contribution is 5.92. The van der Waals surface area contributed by atoms with E-state index < -0.39 is 5.91 Å². The quantitative estimate of drug-likeness (QED) is 0.882. The second kappa shape index (κ2) is 6.70. The van der Waals surface area contributed by atoms with Crippen LogP contribution in [0.2, 0.25) is 0 Å². The third-order valence-corrected chi connectivity index (χ3v) is 4.06. The van der Waals surface area contributed by atoms with Crippen molar-refractivity contribution in [3.05, 3.63) is 65.0 Å². The predicted octanol–water partition coefficient (Wildman–Crippen LogP) is 2.11. The van der Waals surface area contributed by atoms with E-state index in [1.165, 1.54) is 18.2 Å². The number of nitrogens with one attached hydrogen (secondary N) is 1. The van der Waals surface area contributed by atoms with Crippen LogP contribution in [0.5, 0.6) is 5.75 Å². The van der Waals surface area contributed by atoms with Crippen LogP contribution in [-0.2, 0) is 11.2 Å². The lowest BCUT2D eigenvalue weighted by molar-refractivity contribution is -0.123. The molecule has 3 N–H and O–H groups in total. The maximum atomic E-state index is 13.7. The molecule has 1 unspecified atom stereocenters. The van der Waals surface area contributed by atoms with Crippen LogP contribution in [0.25, 0.3) is 0 Å². The first-order valence-electron chi connectivity index (χ1n) is 7.64. The highest BCUT2D eigenvalue weighted by Gasteiger charge is 2.26. The molecule has 0 bridgehead atoms. The van der Waals surface area contributed by atoms with Crippen molar-refractivity contribution >= 4 is 11.8 Å². The first kappa shape index (κ1) is 16.0. The van der Waals surface area contributed by atoms with Gasteiger partial charge < -0.3 is 15.8 Å². The summed E-state index contributed by atoms with van der Waals surface area (Å²) in [5.74, 6) is -0.564. The summed E-state index contributed by atoms with van der Waals surface area (Å²) >= 11 is 0. The molecule has 0 saturated carbocycles. The fraction of sp³-hybridized carbons (Fsp3) is 0.222. The Hall–Kier alpha value is -2.89. The van der Waals surface area contributed by atoms with Crippen LogP contribution >= 0.6 is 0 Å². The van der Waals surface area contributed by atoms with Crippen molar-refractivity contribution in [1.82, 2.24) is 5.32 Å². The van der Waals surface area contributed by atoms with Gasteiger partial charge in [0.2, 0.25) is 5.91 Å². The van der Waals surface area contributed by atoms with Crippen LogP contribution in [0.4, 0.5) is 4.39 Å². The minimum atomic E-state index is -0.522. The third kappa shape index (κ3) is 3.37. The fourth-order valence-electron chi connectivity index (χ4n) is 2.86. The summed E-state index contributed by atoms with van der Waals surface area (Å²) < 4.78 is 19.1. The van der Waals surface area contributed by atoms with Crippen LogP contribution < -0.4 is 15.8 Å². The smallest absolute Gasteiger partial charge is 0.258 e. The van der Waals surface area contributed by atoms with Crippen molar-refractivity contribution in [2.24, 2.45) is 5.73 Å². The zero-order valence-corrected chi connectivity index (χ0v) is 12.9. The van der Waals surface area contributed by atoms with Crippen LogP contribution in [0.3, 0.4) is 0 Å². The molecular weight excluding hydrogens is 311 g/mol. The van der Waals surface area contributed by atoms with Crippen molar-refractivity contribution < 1.29 is 18.7 Å². The van der Waals surface area contributed by atoms with Gasteiger partial charge in [0.25, 0.3) is 5.91 Å². The number of hydrogen-bond donors (Lipinski definition) is 2. The number of primary amides is 1. The van der Waals surface area contributed by atoms with E-state index in [9.17, 15) is 14.0 Å². The lowest BCUT2D eigenvalue weighted by atomic mass is 10.1. The van der Waals surface area contributed by atoms with Gasteiger partial charge >= 0.3 is 0 Å². The van der Waals surface area contributed by atoms with Gasteiger partial charge in [0.15, 0.2) is 6.61 Å². The Morgan fingerprint density at radius 1 is 1.21 bits per heavy atom. The maximum absolute atomic E-state index is 13.7. The summed E-state index contributed by atoms with van der Waals surface area (Å²) in [5.41, 5.74) is 7.03. The Morgan fingerprint density at radius 2 is 1.96 bits per heavy atom. The van der Waals surface area contributed by atoms with E-state index >= 15 is 0 Å². The maximum Gasteiger partial charge on any atom is 0.258 e. The number of fused-ring (bicyclic) bond motifs is 1. The van der Waals surface area contributed by atoms with Crippen LogP contribution in [0, 0.1) is 5.82 Å². The molecule has 0 aliphatic heterocycles. The topological polar surface area (TPSA) is 81.4 Å². The number of ether oxygens (including phenoxy) is 1. The predicted molar refractivity (Wildman–Crippen MR) is 86.1 cm³/mol. The second-order valence-electron chi connectivity index (χ2n) is 5.64. The molecule has 5 nitrogen and oxygen atoms in total. The molecule has 2 amide bonds. The molecule has 2 aromatic carbocycles. The highest BCUT2D eigenvalue weighted by atomic mass is 19.1. The number of carbonyl (C=O) groups excluding carboxylic acids is 2. The fourth-order valence-corrected chi connectivity index (χ4v) is 2.86. The first-order chi connectivity index (χ1) is 11.5. The summed E-state index contributed by atoms with van der Waals surface area (Å²) in [6.07, 6.45) is 1.29. The van der Waals surface area contributed by atoms with E-state index in [4.69, 9.17) is 10.5 Å². The zero-order chi connectivity index (χ0) is 17.1. The summed E-state index contributed by atoms with van der Waals surface area (Å²) in [7, 11) is 0. The minimum Gasteiger partial charge on any atom is -0.484 e. The third-order valence-electron chi connectivity index (χ3n) is 4.06. The van der Waals surface area contributed by atoms with Crippen LogP contribution in [0.1, 0.15) is 33.9 Å². The lowest BCUT2D eigenvalue weighted by Crippen LogP contribution is -2.31. The number of amides is 2. The highest BCUT2D eigenvalue weighted by Crippen LogP contribution is 2.32. The lowest BCUT2D eigenvalue weighted by Gasteiger charge is -2.14. The van der Waals surface area contributed by atoms with E-state index in [1.54, 1.807) is 18.2 Å². The normalized spacial score (nSPS) is 15.6. The Balaban J connectivity index is 1.56. The molecule has 2 aromatic rings. The van der Waals surface area contributed by atoms with Gasteiger partial charge in [-0.15, -0.1) is 0 Å². The molecule has 1 aliphatic rings. The van der Waals surface area contributed by atoms with Gasteiger partial charge in [-0.05, 0) is 54.3 Å². The number of halogens is 1. The molecule has 0 radical (unpaired) electrons. The molecule has 6 heteroatoms. The van der Waals surface area contributed by atoms with Crippen LogP contribution in [-0.4, -0.2) is 18.4 Å². The number of benzene rings is 2. The van der Waals surface area contributed by atoms with Gasteiger partial charge in [-0.2, -0.15) is 0 Å². The average Bonchev–Trinajstić information content (AvgIpc) is 2.98. The second-order valence-corrected chi connectivity index (χ2v) is 5.64. The van der Waals surface area contributed by atoms with Gasteiger partial charge in [0.05, 0.1) is 6.04 Å². The molecule has 0 spiro atoms. The Morgan fingerprint density at radius 3 is 2.67 bits per heavy atom. The van der Waals surface area contributed by atoms with E-state index in [0.29, 0.717) is 29.7 Å². The van der Waals surface area contributed by atoms with Crippen molar-refractivity contribution in [3.8, 4) is 5.75 Å². The standard InChI is InChI=1S/C18H17FN2O3/c19-15-3-1-2-14-13(15)8-9-16(14)21-17(22)10-24-12-6-4-11(5-7-12)18(20)23/h1-7,16H,8-10H2,(H2,20,23)(H,21,22). The SMILES string of the molecule is NC(=O)c1ccc(OCC(=O)NC2CCc3c(F)cccc32)cc1.